The number of phenolic OH excluding ortho intramolecular Hbond substituents is 1. The number of hydrogen-bond acceptors (Lipinski definition) is 4. The molecule has 1 aliphatic heterocycles. The molecule has 4 heteroatoms. The zero-order chi connectivity index (χ0) is 14.7. The van der Waals surface area contributed by atoms with Crippen LogP contribution in [0.5, 0.6) is 11.5 Å². The Morgan fingerprint density at radius 1 is 1.24 bits per heavy atom. The Labute approximate surface area is 124 Å². The summed E-state index contributed by atoms with van der Waals surface area (Å²) in [5, 5.41) is 16.5. The quantitative estimate of drug-likeness (QED) is 0.739. The zero-order valence-electron chi connectivity index (χ0n) is 12.1. The number of fused-ring (bicyclic) bond motifs is 1. The lowest BCUT2D eigenvalue weighted by Crippen LogP contribution is -2.17. The normalized spacial score (nSPS) is 12.6. The second-order valence-corrected chi connectivity index (χ2v) is 5.32. The molecule has 0 spiro atoms. The van der Waals surface area contributed by atoms with E-state index < -0.39 is 0 Å². The third kappa shape index (κ3) is 3.11. The van der Waals surface area contributed by atoms with E-state index in [1.54, 1.807) is 6.07 Å². The Hall–Kier alpha value is -2.20. The molecular weight excluding hydrogens is 264 g/mol. The SMILES string of the molecule is Cc1ccc(CCNCc2cccc3c2OCN3)c(O)c1. The lowest BCUT2D eigenvalue weighted by Gasteiger charge is -2.09. The number of nitrogens with one attached hydrogen (secondary N) is 2. The fraction of sp³-hybridized carbons (Fsp3) is 0.294. The average Bonchev–Trinajstić information content (AvgIpc) is 2.94. The van der Waals surface area contributed by atoms with Crippen LogP contribution >= 0.6 is 0 Å². The smallest absolute Gasteiger partial charge is 0.159 e. The minimum absolute atomic E-state index is 0.380. The Balaban J connectivity index is 1.54. The van der Waals surface area contributed by atoms with Gasteiger partial charge in [0.15, 0.2) is 6.73 Å². The maximum atomic E-state index is 9.88. The van der Waals surface area contributed by atoms with Gasteiger partial charge >= 0.3 is 0 Å². The Morgan fingerprint density at radius 2 is 2.14 bits per heavy atom. The van der Waals surface area contributed by atoms with E-state index in [-0.39, 0.29) is 0 Å². The molecule has 3 rings (SSSR count). The van der Waals surface area contributed by atoms with E-state index in [4.69, 9.17) is 4.74 Å². The molecule has 0 fully saturated rings. The van der Waals surface area contributed by atoms with Crippen molar-refractivity contribution in [1.82, 2.24) is 5.32 Å². The van der Waals surface area contributed by atoms with Crippen LogP contribution in [0.2, 0.25) is 0 Å². The van der Waals surface area contributed by atoms with E-state index in [9.17, 15) is 5.11 Å². The van der Waals surface area contributed by atoms with Gasteiger partial charge in [0.1, 0.15) is 11.5 Å². The molecule has 0 atom stereocenters. The third-order valence-electron chi connectivity index (χ3n) is 3.70. The summed E-state index contributed by atoms with van der Waals surface area (Å²) in [6.07, 6.45) is 0.806. The van der Waals surface area contributed by atoms with Crippen molar-refractivity contribution in [3.8, 4) is 11.5 Å². The number of ether oxygens (including phenoxy) is 1. The van der Waals surface area contributed by atoms with Gasteiger partial charge in [-0.1, -0.05) is 24.3 Å². The zero-order valence-corrected chi connectivity index (χ0v) is 12.1. The lowest BCUT2D eigenvalue weighted by atomic mass is 10.1. The fourth-order valence-electron chi connectivity index (χ4n) is 2.55. The molecule has 110 valence electrons. The van der Waals surface area contributed by atoms with Gasteiger partial charge in [-0.3, -0.25) is 0 Å². The molecule has 0 aromatic heterocycles. The van der Waals surface area contributed by atoms with Crippen LogP contribution in [0.3, 0.4) is 0 Å². The summed E-state index contributed by atoms with van der Waals surface area (Å²) in [6, 6.07) is 11.9. The summed E-state index contributed by atoms with van der Waals surface area (Å²) in [5.74, 6) is 1.33. The van der Waals surface area contributed by atoms with Crippen LogP contribution in [-0.2, 0) is 13.0 Å². The van der Waals surface area contributed by atoms with Gasteiger partial charge in [0.25, 0.3) is 0 Å². The van der Waals surface area contributed by atoms with Gasteiger partial charge in [-0.25, -0.2) is 0 Å². The topological polar surface area (TPSA) is 53.5 Å². The number of aromatic hydroxyl groups is 1. The summed E-state index contributed by atoms with van der Waals surface area (Å²) >= 11 is 0. The van der Waals surface area contributed by atoms with Crippen LogP contribution in [-0.4, -0.2) is 18.4 Å². The first kappa shape index (κ1) is 13.8. The summed E-state index contributed by atoms with van der Waals surface area (Å²) in [4.78, 5) is 0. The Bertz CT molecular complexity index is 641. The summed E-state index contributed by atoms with van der Waals surface area (Å²) in [6.45, 7) is 4.10. The second-order valence-electron chi connectivity index (χ2n) is 5.32. The highest BCUT2D eigenvalue weighted by molar-refractivity contribution is 5.62. The largest absolute Gasteiger partial charge is 0.508 e. The van der Waals surface area contributed by atoms with Crippen molar-refractivity contribution in [2.24, 2.45) is 0 Å². The number of hydrogen-bond donors (Lipinski definition) is 3. The van der Waals surface area contributed by atoms with Crippen LogP contribution in [0.1, 0.15) is 16.7 Å². The highest BCUT2D eigenvalue weighted by atomic mass is 16.5. The summed E-state index contributed by atoms with van der Waals surface area (Å²) in [5.41, 5.74) is 4.27. The highest BCUT2D eigenvalue weighted by Gasteiger charge is 2.14. The molecule has 0 unspecified atom stereocenters. The van der Waals surface area contributed by atoms with Gasteiger partial charge in [0.2, 0.25) is 0 Å². The molecule has 0 saturated heterocycles. The van der Waals surface area contributed by atoms with Gasteiger partial charge in [0, 0.05) is 12.1 Å². The number of para-hydroxylation sites is 1. The molecule has 4 nitrogen and oxygen atoms in total. The Morgan fingerprint density at radius 3 is 3.00 bits per heavy atom. The van der Waals surface area contributed by atoms with Crippen LogP contribution < -0.4 is 15.4 Å². The monoisotopic (exact) mass is 284 g/mol. The molecular formula is C17H20N2O2. The summed E-state index contributed by atoms with van der Waals surface area (Å²) in [7, 11) is 0. The average molecular weight is 284 g/mol. The number of benzene rings is 2. The van der Waals surface area contributed by atoms with E-state index in [1.807, 2.05) is 31.2 Å². The highest BCUT2D eigenvalue weighted by Crippen LogP contribution is 2.32. The molecule has 0 saturated carbocycles. The van der Waals surface area contributed by atoms with Crippen molar-refractivity contribution in [3.63, 3.8) is 0 Å². The maximum absolute atomic E-state index is 9.88. The minimum Gasteiger partial charge on any atom is -0.508 e. The molecule has 2 aromatic rings. The van der Waals surface area contributed by atoms with Crippen molar-refractivity contribution in [3.05, 3.63) is 53.1 Å². The molecule has 1 aliphatic rings. The van der Waals surface area contributed by atoms with Crippen molar-refractivity contribution in [2.75, 3.05) is 18.6 Å². The van der Waals surface area contributed by atoms with Crippen LogP contribution in [0.25, 0.3) is 0 Å². The Kier molecular flexibility index (Phi) is 3.97. The fourth-order valence-corrected chi connectivity index (χ4v) is 2.55. The minimum atomic E-state index is 0.380. The van der Waals surface area contributed by atoms with E-state index in [0.29, 0.717) is 12.5 Å². The second kappa shape index (κ2) is 6.06. The molecule has 1 heterocycles. The molecule has 2 aromatic carbocycles. The van der Waals surface area contributed by atoms with Crippen molar-refractivity contribution in [1.29, 1.82) is 0 Å². The molecule has 3 N–H and O–H groups in total. The first-order valence-electron chi connectivity index (χ1n) is 7.22. The van der Waals surface area contributed by atoms with E-state index in [0.717, 1.165) is 47.6 Å². The van der Waals surface area contributed by atoms with Crippen molar-refractivity contribution in [2.45, 2.75) is 19.9 Å². The van der Waals surface area contributed by atoms with Gasteiger partial charge < -0.3 is 20.5 Å². The molecule has 21 heavy (non-hydrogen) atoms. The van der Waals surface area contributed by atoms with Crippen LogP contribution in [0.15, 0.2) is 36.4 Å². The van der Waals surface area contributed by atoms with Crippen LogP contribution in [0, 0.1) is 6.92 Å². The van der Waals surface area contributed by atoms with Crippen LogP contribution in [0.4, 0.5) is 5.69 Å². The molecule has 0 amide bonds. The predicted molar refractivity (Wildman–Crippen MR) is 83.8 cm³/mol. The maximum Gasteiger partial charge on any atom is 0.159 e. The predicted octanol–water partition coefficient (Wildman–Crippen LogP) is 2.79. The summed E-state index contributed by atoms with van der Waals surface area (Å²) < 4.78 is 5.59. The molecule has 0 bridgehead atoms. The van der Waals surface area contributed by atoms with E-state index in [1.165, 1.54) is 0 Å². The van der Waals surface area contributed by atoms with Crippen molar-refractivity contribution >= 4 is 5.69 Å². The van der Waals surface area contributed by atoms with Gasteiger partial charge in [0.05, 0.1) is 5.69 Å². The number of anilines is 1. The number of aryl methyl sites for hydroxylation is 1. The molecule has 0 aliphatic carbocycles. The van der Waals surface area contributed by atoms with E-state index in [2.05, 4.69) is 16.7 Å². The van der Waals surface area contributed by atoms with E-state index >= 15 is 0 Å². The standard InChI is InChI=1S/C17H20N2O2/c1-12-5-6-13(16(20)9-12)7-8-18-10-14-3-2-4-15-17(14)21-11-19-15/h2-6,9,18-20H,7-8,10-11H2,1H3. The van der Waals surface area contributed by atoms with Crippen molar-refractivity contribution < 1.29 is 9.84 Å². The third-order valence-corrected chi connectivity index (χ3v) is 3.70. The van der Waals surface area contributed by atoms with Gasteiger partial charge in [-0.2, -0.15) is 0 Å². The first-order chi connectivity index (χ1) is 10.2. The van der Waals surface area contributed by atoms with Gasteiger partial charge in [-0.15, -0.1) is 0 Å². The number of rotatable bonds is 5. The molecule has 0 radical (unpaired) electrons. The number of phenols is 1. The lowest BCUT2D eigenvalue weighted by molar-refractivity contribution is 0.367. The first-order valence-corrected chi connectivity index (χ1v) is 7.22. The van der Waals surface area contributed by atoms with Gasteiger partial charge in [-0.05, 0) is 43.1 Å².